The van der Waals surface area contributed by atoms with E-state index in [1.807, 2.05) is 6.92 Å². The summed E-state index contributed by atoms with van der Waals surface area (Å²) in [6, 6.07) is 6.83. The van der Waals surface area contributed by atoms with Crippen molar-refractivity contribution in [3.63, 3.8) is 0 Å². The van der Waals surface area contributed by atoms with E-state index in [0.29, 0.717) is 5.56 Å². The lowest BCUT2D eigenvalue weighted by Crippen LogP contribution is -2.20. The van der Waals surface area contributed by atoms with E-state index in [9.17, 15) is 14.4 Å². The molecule has 0 bridgehead atoms. The first-order chi connectivity index (χ1) is 8.04. The van der Waals surface area contributed by atoms with Crippen molar-refractivity contribution in [3.8, 4) is 0 Å². The summed E-state index contributed by atoms with van der Waals surface area (Å²) in [5.74, 6) is -2.13. The van der Waals surface area contributed by atoms with Gasteiger partial charge in [-0.25, -0.2) is 4.79 Å². The third-order valence-electron chi connectivity index (χ3n) is 2.20. The predicted molar refractivity (Wildman–Crippen MR) is 61.8 cm³/mol. The van der Waals surface area contributed by atoms with E-state index >= 15 is 0 Å². The maximum absolute atomic E-state index is 11.6. The molecule has 1 aromatic carbocycles. The van der Waals surface area contributed by atoms with Gasteiger partial charge in [-0.15, -0.1) is 0 Å². The molecule has 0 fully saturated rings. The molecule has 1 aromatic rings. The minimum Gasteiger partial charge on any atom is -0.460 e. The fraction of sp³-hybridized carbons (Fsp3) is 0.308. The number of Topliss-reactive ketones (excluding diaryl/α,β-unsaturated/α-hetero) is 2. The first-order valence-corrected chi connectivity index (χ1v) is 5.34. The summed E-state index contributed by atoms with van der Waals surface area (Å²) in [6.45, 7) is 3.63. The Bertz CT molecular complexity index is 431. The maximum atomic E-state index is 11.6. The zero-order valence-electron chi connectivity index (χ0n) is 9.86. The fourth-order valence-electron chi connectivity index (χ4n) is 1.27. The molecular weight excluding hydrogens is 220 g/mol. The number of hydrogen-bond donors (Lipinski definition) is 0. The van der Waals surface area contributed by atoms with Crippen LogP contribution in [0.3, 0.4) is 0 Å². The molecule has 90 valence electrons. The molecular formula is C13H14O4. The SMILES string of the molecule is CCOC(=O)C(=O)CC(=O)c1ccc(C)cc1. The molecule has 0 saturated carbocycles. The second-order valence-electron chi connectivity index (χ2n) is 3.61. The van der Waals surface area contributed by atoms with Crippen molar-refractivity contribution in [2.75, 3.05) is 6.61 Å². The van der Waals surface area contributed by atoms with Crippen LogP contribution in [-0.4, -0.2) is 24.1 Å². The lowest BCUT2D eigenvalue weighted by molar-refractivity contribution is -0.153. The van der Waals surface area contributed by atoms with Gasteiger partial charge in [-0.2, -0.15) is 0 Å². The van der Waals surface area contributed by atoms with Crippen LogP contribution in [0.15, 0.2) is 24.3 Å². The van der Waals surface area contributed by atoms with Crippen molar-refractivity contribution in [1.82, 2.24) is 0 Å². The molecule has 17 heavy (non-hydrogen) atoms. The van der Waals surface area contributed by atoms with Crippen LogP contribution in [0.1, 0.15) is 29.3 Å². The molecule has 0 aliphatic carbocycles. The molecule has 0 heterocycles. The van der Waals surface area contributed by atoms with Gasteiger partial charge in [-0.1, -0.05) is 29.8 Å². The van der Waals surface area contributed by atoms with E-state index in [2.05, 4.69) is 4.74 Å². The summed E-state index contributed by atoms with van der Waals surface area (Å²) in [5, 5.41) is 0. The van der Waals surface area contributed by atoms with Crippen LogP contribution in [-0.2, 0) is 14.3 Å². The highest BCUT2D eigenvalue weighted by molar-refractivity contribution is 6.38. The molecule has 0 aliphatic rings. The Kier molecular flexibility index (Phi) is 4.57. The Labute approximate surface area is 99.6 Å². The molecule has 0 aliphatic heterocycles. The highest BCUT2D eigenvalue weighted by Crippen LogP contribution is 2.06. The van der Waals surface area contributed by atoms with E-state index in [1.54, 1.807) is 31.2 Å². The summed E-state index contributed by atoms with van der Waals surface area (Å²) in [6.07, 6.45) is -0.443. The first kappa shape index (κ1) is 13.1. The summed E-state index contributed by atoms with van der Waals surface area (Å²) >= 11 is 0. The highest BCUT2D eigenvalue weighted by Gasteiger charge is 2.19. The van der Waals surface area contributed by atoms with E-state index in [4.69, 9.17) is 0 Å². The van der Waals surface area contributed by atoms with Gasteiger partial charge >= 0.3 is 5.97 Å². The second-order valence-corrected chi connectivity index (χ2v) is 3.61. The first-order valence-electron chi connectivity index (χ1n) is 5.34. The van der Waals surface area contributed by atoms with Crippen molar-refractivity contribution < 1.29 is 19.1 Å². The Morgan fingerprint density at radius 3 is 2.24 bits per heavy atom. The molecule has 4 heteroatoms. The second kappa shape index (κ2) is 5.94. The maximum Gasteiger partial charge on any atom is 0.375 e. The van der Waals surface area contributed by atoms with Gasteiger partial charge in [0.25, 0.3) is 0 Å². The van der Waals surface area contributed by atoms with Crippen LogP contribution < -0.4 is 0 Å². The number of aryl methyl sites for hydroxylation is 1. The average molecular weight is 234 g/mol. The number of ketones is 2. The number of benzene rings is 1. The Balaban J connectivity index is 2.63. The van der Waals surface area contributed by atoms with Gasteiger partial charge < -0.3 is 4.74 Å². The normalized spacial score (nSPS) is 9.76. The number of hydrogen-bond acceptors (Lipinski definition) is 4. The van der Waals surface area contributed by atoms with Gasteiger partial charge in [0.05, 0.1) is 13.0 Å². The molecule has 0 spiro atoms. The van der Waals surface area contributed by atoms with E-state index in [0.717, 1.165) is 5.56 Å². The van der Waals surface area contributed by atoms with Crippen LogP contribution >= 0.6 is 0 Å². The van der Waals surface area contributed by atoms with Crippen molar-refractivity contribution >= 4 is 17.5 Å². The van der Waals surface area contributed by atoms with Crippen molar-refractivity contribution in [1.29, 1.82) is 0 Å². The highest BCUT2D eigenvalue weighted by atomic mass is 16.5. The molecule has 0 atom stereocenters. The number of carbonyl (C=O) groups is 3. The van der Waals surface area contributed by atoms with Crippen LogP contribution in [0.2, 0.25) is 0 Å². The smallest absolute Gasteiger partial charge is 0.375 e. The summed E-state index contributed by atoms with van der Waals surface area (Å²) in [7, 11) is 0. The lowest BCUT2D eigenvalue weighted by Gasteiger charge is -2.01. The van der Waals surface area contributed by atoms with Crippen LogP contribution in [0.5, 0.6) is 0 Å². The third kappa shape index (κ3) is 3.83. The zero-order valence-corrected chi connectivity index (χ0v) is 9.86. The molecule has 0 amide bonds. The summed E-state index contributed by atoms with van der Waals surface area (Å²) < 4.78 is 4.52. The van der Waals surface area contributed by atoms with Crippen LogP contribution in [0.25, 0.3) is 0 Å². The molecule has 0 unspecified atom stereocenters. The Morgan fingerprint density at radius 1 is 1.12 bits per heavy atom. The summed E-state index contributed by atoms with van der Waals surface area (Å²) in [4.78, 5) is 34.0. The quantitative estimate of drug-likeness (QED) is 0.337. The number of rotatable bonds is 5. The standard InChI is InChI=1S/C13H14O4/c1-3-17-13(16)12(15)8-11(14)10-6-4-9(2)5-7-10/h4-7H,3,8H2,1-2H3. The molecule has 1 rings (SSSR count). The van der Waals surface area contributed by atoms with Gasteiger partial charge in [-0.3, -0.25) is 9.59 Å². The minimum absolute atomic E-state index is 0.128. The van der Waals surface area contributed by atoms with Crippen molar-refractivity contribution in [2.24, 2.45) is 0 Å². The van der Waals surface area contributed by atoms with Gasteiger partial charge in [0, 0.05) is 5.56 Å². The molecule has 0 N–H and O–H groups in total. The topological polar surface area (TPSA) is 60.4 Å². The van der Waals surface area contributed by atoms with Crippen molar-refractivity contribution in [2.45, 2.75) is 20.3 Å². The summed E-state index contributed by atoms with van der Waals surface area (Å²) in [5.41, 5.74) is 1.45. The average Bonchev–Trinajstić information content (AvgIpc) is 2.30. The molecule has 0 radical (unpaired) electrons. The predicted octanol–water partition coefficient (Wildman–Crippen LogP) is 1.70. The molecule has 0 aromatic heterocycles. The van der Waals surface area contributed by atoms with Crippen molar-refractivity contribution in [3.05, 3.63) is 35.4 Å². The van der Waals surface area contributed by atoms with Crippen LogP contribution in [0.4, 0.5) is 0 Å². The van der Waals surface area contributed by atoms with Gasteiger partial charge in [0.15, 0.2) is 5.78 Å². The van der Waals surface area contributed by atoms with Gasteiger partial charge in [0.1, 0.15) is 0 Å². The Morgan fingerprint density at radius 2 is 1.71 bits per heavy atom. The van der Waals surface area contributed by atoms with Gasteiger partial charge in [-0.05, 0) is 13.8 Å². The van der Waals surface area contributed by atoms with Gasteiger partial charge in [0.2, 0.25) is 5.78 Å². The van der Waals surface area contributed by atoms with E-state index in [1.165, 1.54) is 0 Å². The third-order valence-corrected chi connectivity index (χ3v) is 2.20. The molecule has 0 saturated heterocycles. The number of carbonyl (C=O) groups excluding carboxylic acids is 3. The number of esters is 1. The van der Waals surface area contributed by atoms with E-state index < -0.39 is 18.2 Å². The van der Waals surface area contributed by atoms with Crippen LogP contribution in [0, 0.1) is 6.92 Å². The molecule has 4 nitrogen and oxygen atoms in total. The minimum atomic E-state index is -0.951. The largest absolute Gasteiger partial charge is 0.460 e. The number of ether oxygens (including phenoxy) is 1. The zero-order chi connectivity index (χ0) is 12.8. The fourth-order valence-corrected chi connectivity index (χ4v) is 1.27. The Hall–Kier alpha value is -1.97. The van der Waals surface area contributed by atoms with E-state index in [-0.39, 0.29) is 12.4 Å². The lowest BCUT2D eigenvalue weighted by atomic mass is 10.0. The monoisotopic (exact) mass is 234 g/mol.